The van der Waals surface area contributed by atoms with E-state index in [1.807, 2.05) is 13.0 Å². The predicted molar refractivity (Wildman–Crippen MR) is 97.6 cm³/mol. The summed E-state index contributed by atoms with van der Waals surface area (Å²) in [5.41, 5.74) is 5.15. The van der Waals surface area contributed by atoms with Crippen molar-refractivity contribution >= 4 is 11.5 Å². The van der Waals surface area contributed by atoms with Gasteiger partial charge >= 0.3 is 0 Å². The predicted octanol–water partition coefficient (Wildman–Crippen LogP) is 4.15. The molecular weight excluding hydrogens is 298 g/mol. The van der Waals surface area contributed by atoms with Crippen molar-refractivity contribution in [1.29, 1.82) is 0 Å². The summed E-state index contributed by atoms with van der Waals surface area (Å²) in [7, 11) is 0. The molecule has 2 aliphatic rings. The summed E-state index contributed by atoms with van der Waals surface area (Å²) in [6.45, 7) is 6.34. The second-order valence-corrected chi connectivity index (χ2v) is 8.12. The molecule has 0 unspecified atom stereocenters. The number of hydrogen-bond donors (Lipinski definition) is 1. The van der Waals surface area contributed by atoms with Crippen LogP contribution in [0, 0.1) is 12.8 Å². The van der Waals surface area contributed by atoms with E-state index in [9.17, 15) is 9.90 Å². The molecule has 0 spiro atoms. The first-order valence-corrected chi connectivity index (χ1v) is 9.25. The topological polar surface area (TPSA) is 49.7 Å². The maximum atomic E-state index is 12.8. The molecule has 1 N–H and O–H groups in total. The first-order valence-electron chi connectivity index (χ1n) is 9.25. The van der Waals surface area contributed by atoms with Gasteiger partial charge in [0.2, 0.25) is 0 Å². The van der Waals surface area contributed by atoms with E-state index in [1.165, 1.54) is 24.8 Å². The molecule has 130 valence electrons. The van der Waals surface area contributed by atoms with Gasteiger partial charge in [-0.3, -0.25) is 9.79 Å². The van der Waals surface area contributed by atoms with E-state index in [-0.39, 0.29) is 18.1 Å². The minimum Gasteiger partial charge on any atom is -0.392 e. The van der Waals surface area contributed by atoms with Crippen molar-refractivity contribution in [2.75, 3.05) is 0 Å². The van der Waals surface area contributed by atoms with Gasteiger partial charge in [0, 0.05) is 12.3 Å². The van der Waals surface area contributed by atoms with Crippen LogP contribution in [0.2, 0.25) is 0 Å². The van der Waals surface area contributed by atoms with E-state index in [4.69, 9.17) is 4.99 Å². The van der Waals surface area contributed by atoms with Crippen molar-refractivity contribution in [3.63, 3.8) is 0 Å². The van der Waals surface area contributed by atoms with Crippen LogP contribution in [-0.4, -0.2) is 22.1 Å². The monoisotopic (exact) mass is 327 g/mol. The standard InChI is InChI=1S/C21H29NO2/c1-14-9-16-12-21(2,3)22-19(18(16)10-17(14)13-23)11-20(24)15-7-5-4-6-8-15/h9-10,15,23H,4-8,11-13H2,1-3H3. The van der Waals surface area contributed by atoms with Crippen LogP contribution < -0.4 is 0 Å². The summed E-state index contributed by atoms with van der Waals surface area (Å²) in [5, 5.41) is 9.59. The van der Waals surface area contributed by atoms with E-state index in [1.54, 1.807) is 0 Å². The molecule has 24 heavy (non-hydrogen) atoms. The number of fused-ring (bicyclic) bond motifs is 1. The maximum absolute atomic E-state index is 12.8. The van der Waals surface area contributed by atoms with Gasteiger partial charge in [0.05, 0.1) is 17.9 Å². The number of rotatable bonds is 4. The Bertz CT molecular complexity index is 667. The quantitative estimate of drug-likeness (QED) is 0.903. The number of carbonyl (C=O) groups is 1. The van der Waals surface area contributed by atoms with E-state index >= 15 is 0 Å². The molecule has 1 saturated carbocycles. The van der Waals surface area contributed by atoms with Gasteiger partial charge in [-0.25, -0.2) is 0 Å². The van der Waals surface area contributed by atoms with Crippen molar-refractivity contribution in [2.24, 2.45) is 10.9 Å². The van der Waals surface area contributed by atoms with Gasteiger partial charge in [-0.15, -0.1) is 0 Å². The number of carbonyl (C=O) groups excluding carboxylic acids is 1. The zero-order chi connectivity index (χ0) is 17.3. The molecule has 1 fully saturated rings. The number of aryl methyl sites for hydroxylation is 1. The third-order valence-corrected chi connectivity index (χ3v) is 5.51. The number of hydrogen-bond acceptors (Lipinski definition) is 3. The van der Waals surface area contributed by atoms with Crippen LogP contribution in [0.5, 0.6) is 0 Å². The molecule has 1 aliphatic carbocycles. The lowest BCUT2D eigenvalue weighted by Crippen LogP contribution is -2.31. The third-order valence-electron chi connectivity index (χ3n) is 5.51. The highest BCUT2D eigenvalue weighted by molar-refractivity contribution is 6.13. The molecule has 0 radical (unpaired) electrons. The Morgan fingerprint density at radius 3 is 2.62 bits per heavy atom. The van der Waals surface area contributed by atoms with Crippen LogP contribution in [0.25, 0.3) is 0 Å². The molecule has 1 aromatic rings. The number of aliphatic imine (C=N–C) groups is 1. The molecule has 0 aromatic heterocycles. The van der Waals surface area contributed by atoms with Crippen LogP contribution in [-0.2, 0) is 17.8 Å². The Labute approximate surface area is 145 Å². The fourth-order valence-electron chi connectivity index (χ4n) is 4.20. The average Bonchev–Trinajstić information content (AvgIpc) is 2.54. The SMILES string of the molecule is Cc1cc2c(cc1CO)C(CC(=O)C1CCCCC1)=NC(C)(C)C2. The lowest BCUT2D eigenvalue weighted by molar-refractivity contribution is -0.122. The van der Waals surface area contributed by atoms with Crippen LogP contribution in [0.3, 0.4) is 0 Å². The summed E-state index contributed by atoms with van der Waals surface area (Å²) < 4.78 is 0. The molecule has 1 aliphatic heterocycles. The molecule has 1 heterocycles. The number of aliphatic hydroxyl groups is 1. The summed E-state index contributed by atoms with van der Waals surface area (Å²) >= 11 is 0. The van der Waals surface area contributed by atoms with Gasteiger partial charge in [-0.1, -0.05) is 25.3 Å². The van der Waals surface area contributed by atoms with Crippen molar-refractivity contribution in [3.05, 3.63) is 34.4 Å². The highest BCUT2D eigenvalue weighted by Gasteiger charge is 2.30. The Kier molecular flexibility index (Phi) is 4.91. The minimum absolute atomic E-state index is 0.0341. The van der Waals surface area contributed by atoms with Crippen molar-refractivity contribution in [1.82, 2.24) is 0 Å². The Morgan fingerprint density at radius 1 is 1.25 bits per heavy atom. The van der Waals surface area contributed by atoms with Crippen molar-refractivity contribution in [2.45, 2.75) is 77.9 Å². The van der Waals surface area contributed by atoms with Crippen molar-refractivity contribution in [3.8, 4) is 0 Å². The third kappa shape index (κ3) is 3.61. The van der Waals surface area contributed by atoms with Gasteiger partial charge in [0.15, 0.2) is 0 Å². The van der Waals surface area contributed by atoms with Crippen LogP contribution in [0.1, 0.15) is 74.6 Å². The van der Waals surface area contributed by atoms with E-state index in [0.29, 0.717) is 12.2 Å². The molecule has 0 bridgehead atoms. The summed E-state index contributed by atoms with van der Waals surface area (Å²) in [6.07, 6.45) is 7.03. The Hall–Kier alpha value is -1.48. The molecular formula is C21H29NO2. The highest BCUT2D eigenvalue weighted by Crippen LogP contribution is 2.32. The number of aliphatic hydroxyl groups excluding tert-OH is 1. The van der Waals surface area contributed by atoms with Gasteiger partial charge in [0.1, 0.15) is 5.78 Å². The molecule has 1 aromatic carbocycles. The summed E-state index contributed by atoms with van der Waals surface area (Å²) in [5.74, 6) is 0.570. The highest BCUT2D eigenvalue weighted by atomic mass is 16.3. The maximum Gasteiger partial charge on any atom is 0.141 e. The van der Waals surface area contributed by atoms with E-state index in [2.05, 4.69) is 19.9 Å². The number of ketones is 1. The summed E-state index contributed by atoms with van der Waals surface area (Å²) in [6, 6.07) is 4.22. The molecule has 0 atom stereocenters. The molecule has 3 heteroatoms. The van der Waals surface area contributed by atoms with Crippen molar-refractivity contribution < 1.29 is 9.90 Å². The number of nitrogens with zero attached hydrogens (tertiary/aromatic N) is 1. The van der Waals surface area contributed by atoms with Crippen LogP contribution in [0.4, 0.5) is 0 Å². The average molecular weight is 327 g/mol. The normalized spacial score (nSPS) is 20.4. The fourth-order valence-corrected chi connectivity index (χ4v) is 4.20. The fraction of sp³-hybridized carbons (Fsp3) is 0.619. The van der Waals surface area contributed by atoms with E-state index < -0.39 is 0 Å². The van der Waals surface area contributed by atoms with Gasteiger partial charge < -0.3 is 5.11 Å². The van der Waals surface area contributed by atoms with Gasteiger partial charge in [-0.2, -0.15) is 0 Å². The smallest absolute Gasteiger partial charge is 0.141 e. The first kappa shape index (κ1) is 17.3. The van der Waals surface area contributed by atoms with Crippen LogP contribution >= 0.6 is 0 Å². The zero-order valence-electron chi connectivity index (χ0n) is 15.2. The Balaban J connectivity index is 1.91. The molecule has 3 rings (SSSR count). The summed E-state index contributed by atoms with van der Waals surface area (Å²) in [4.78, 5) is 17.7. The first-order chi connectivity index (χ1) is 11.4. The van der Waals surface area contributed by atoms with Crippen LogP contribution in [0.15, 0.2) is 17.1 Å². The number of benzene rings is 1. The zero-order valence-corrected chi connectivity index (χ0v) is 15.2. The molecule has 0 amide bonds. The lowest BCUT2D eigenvalue weighted by atomic mass is 9.80. The molecule has 3 nitrogen and oxygen atoms in total. The second kappa shape index (κ2) is 6.79. The van der Waals surface area contributed by atoms with E-state index in [0.717, 1.165) is 41.7 Å². The largest absolute Gasteiger partial charge is 0.392 e. The lowest BCUT2D eigenvalue weighted by Gasteiger charge is -2.30. The minimum atomic E-state index is -0.164. The molecule has 0 saturated heterocycles. The van der Waals surface area contributed by atoms with Gasteiger partial charge in [-0.05, 0) is 68.4 Å². The number of Topliss-reactive ketones (excluding diaryl/α,β-unsaturated/α-hetero) is 1. The Morgan fingerprint density at radius 2 is 1.96 bits per heavy atom. The second-order valence-electron chi connectivity index (χ2n) is 8.12. The van der Waals surface area contributed by atoms with Gasteiger partial charge in [0.25, 0.3) is 0 Å².